The molecule has 0 amide bonds. The maximum Gasteiger partial charge on any atom is 3.00 e. The van der Waals surface area contributed by atoms with E-state index >= 15 is 0 Å². The Morgan fingerprint density at radius 3 is 1.51 bits per heavy atom. The van der Waals surface area contributed by atoms with Gasteiger partial charge in [0.25, 0.3) is 0 Å². The van der Waals surface area contributed by atoms with Gasteiger partial charge in [-0.05, 0) is 30.2 Å². The molecule has 0 unspecified atom stereocenters. The molecule has 4 bridgehead atoms. The molecule has 0 aromatic heterocycles. The van der Waals surface area contributed by atoms with E-state index < -0.39 is 5.97 Å². The smallest absolute Gasteiger partial charge is 0.870 e. The molecule has 1 aliphatic rings. The van der Waals surface area contributed by atoms with E-state index in [1.165, 1.54) is 12.4 Å². The quantitative estimate of drug-likeness (QED) is 0.434. The van der Waals surface area contributed by atoms with E-state index in [1.54, 1.807) is 36.4 Å². The van der Waals surface area contributed by atoms with Crippen molar-refractivity contribution in [3.8, 4) is 23.0 Å². The van der Waals surface area contributed by atoms with Crippen molar-refractivity contribution in [2.45, 2.75) is 6.92 Å². The molecule has 0 spiro atoms. The zero-order valence-electron chi connectivity index (χ0n) is 19.3. The molecular formula is C24H27MnN2O8. The van der Waals surface area contributed by atoms with Gasteiger partial charge in [0, 0.05) is 18.4 Å². The summed E-state index contributed by atoms with van der Waals surface area (Å²) in [5.41, 5.74) is 0.888. The summed E-state index contributed by atoms with van der Waals surface area (Å²) in [5, 5.41) is 33.7. The first-order valence-corrected chi connectivity index (χ1v) is 10.7. The maximum absolute atomic E-state index is 12.4. The summed E-state index contributed by atoms with van der Waals surface area (Å²) in [6.07, 6.45) is 3.02. The van der Waals surface area contributed by atoms with Crippen molar-refractivity contribution in [2.24, 2.45) is 9.98 Å². The fourth-order valence-corrected chi connectivity index (χ4v) is 2.68. The molecule has 0 saturated heterocycles. The number of hydrogen-bond acceptors (Lipinski definition) is 10. The van der Waals surface area contributed by atoms with Gasteiger partial charge in [-0.3, -0.25) is 9.98 Å². The van der Waals surface area contributed by atoms with Crippen LogP contribution in [0.15, 0.2) is 46.4 Å². The largest absolute Gasteiger partial charge is 3.00 e. The molecule has 188 valence electrons. The second kappa shape index (κ2) is 17.3. The van der Waals surface area contributed by atoms with Gasteiger partial charge < -0.3 is 39.1 Å². The number of para-hydroxylation sites is 2. The minimum atomic E-state index is -1.08. The molecule has 35 heavy (non-hydrogen) atoms. The maximum atomic E-state index is 12.4. The molecule has 3 rings (SSSR count). The Balaban J connectivity index is 0.00000114. The number of ether oxygens (including phenoxy) is 4. The second-order valence-corrected chi connectivity index (χ2v) is 6.83. The van der Waals surface area contributed by atoms with E-state index in [0.717, 1.165) is 6.92 Å². The fraction of sp³-hybridized carbons (Fsp3) is 0.375. The average molecular weight is 526 g/mol. The normalized spacial score (nSPS) is 14.9. The van der Waals surface area contributed by atoms with Crippen LogP contribution in [-0.2, 0) is 31.3 Å². The Labute approximate surface area is 214 Å². The Hall–Kier alpha value is -3.11. The van der Waals surface area contributed by atoms with Crippen molar-refractivity contribution >= 4 is 18.4 Å². The SMILES string of the molecule is CC(=O)[O-].[Mn+3].[O-]c1c2cccc1OCCOCCOCCOc1cccc(c1[O-])C=NCCN=C2. The number of nitrogens with zero attached hydrogens (tertiary/aromatic N) is 2. The number of benzene rings is 2. The van der Waals surface area contributed by atoms with Crippen LogP contribution in [0.3, 0.4) is 0 Å². The van der Waals surface area contributed by atoms with E-state index in [4.69, 9.17) is 28.8 Å². The number of aliphatic imine (C=N–C) groups is 2. The molecule has 0 aliphatic carbocycles. The van der Waals surface area contributed by atoms with Crippen LogP contribution in [0, 0.1) is 0 Å². The van der Waals surface area contributed by atoms with Crippen LogP contribution in [0.5, 0.6) is 23.0 Å². The van der Waals surface area contributed by atoms with E-state index in [0.29, 0.717) is 50.6 Å². The first kappa shape index (κ1) is 29.9. The van der Waals surface area contributed by atoms with Gasteiger partial charge in [0.1, 0.15) is 24.7 Å². The van der Waals surface area contributed by atoms with Crippen molar-refractivity contribution in [3.05, 3.63) is 47.5 Å². The van der Waals surface area contributed by atoms with Crippen LogP contribution < -0.4 is 24.8 Å². The summed E-state index contributed by atoms with van der Waals surface area (Å²) in [6.45, 7) is 3.71. The van der Waals surface area contributed by atoms with Crippen molar-refractivity contribution in [1.29, 1.82) is 0 Å². The molecule has 1 aliphatic heterocycles. The molecular weight excluding hydrogens is 499 g/mol. The number of carboxylic acids is 1. The van der Waals surface area contributed by atoms with E-state index in [9.17, 15) is 10.2 Å². The minimum Gasteiger partial charge on any atom is -0.870 e. The predicted octanol–water partition coefficient (Wildman–Crippen LogP) is -0.0701. The van der Waals surface area contributed by atoms with E-state index in [1.807, 2.05) is 0 Å². The first-order chi connectivity index (χ1) is 16.5. The van der Waals surface area contributed by atoms with Gasteiger partial charge in [0.05, 0.1) is 39.5 Å². The van der Waals surface area contributed by atoms with Crippen LogP contribution in [-0.4, -0.2) is 71.1 Å². The number of carbonyl (C=O) groups excluding carboxylic acids is 1. The Morgan fingerprint density at radius 1 is 0.743 bits per heavy atom. The van der Waals surface area contributed by atoms with Crippen molar-refractivity contribution in [3.63, 3.8) is 0 Å². The van der Waals surface area contributed by atoms with Crippen molar-refractivity contribution < 1.29 is 56.1 Å². The van der Waals surface area contributed by atoms with Crippen LogP contribution in [0.4, 0.5) is 0 Å². The summed E-state index contributed by atoms with van der Waals surface area (Å²) in [7, 11) is 0. The number of rotatable bonds is 0. The summed E-state index contributed by atoms with van der Waals surface area (Å²) < 4.78 is 21.9. The van der Waals surface area contributed by atoms with E-state index in [2.05, 4.69) is 9.98 Å². The van der Waals surface area contributed by atoms with Crippen LogP contribution >= 0.6 is 0 Å². The Morgan fingerprint density at radius 2 is 1.11 bits per heavy atom. The van der Waals surface area contributed by atoms with Gasteiger partial charge in [-0.2, -0.15) is 0 Å². The summed E-state index contributed by atoms with van der Waals surface area (Å²) in [5.74, 6) is -0.996. The Bertz CT molecular complexity index is 893. The summed E-state index contributed by atoms with van der Waals surface area (Å²) in [4.78, 5) is 17.4. The standard InChI is InChI=1S/C22H26N2O6.C2H4O2.Mn/c25-21-17-3-1-5-19(21)29-13-11-27-9-10-28-12-14-30-20-6-2-4-18(22(20)26)16-24-8-7-23-15-17;1-2(3)4;/h1-6,15-16,25-26H,7-14H2;1H3,(H,3,4);/q;;+3/p-3. The molecule has 0 saturated carbocycles. The van der Waals surface area contributed by atoms with Crippen molar-refractivity contribution in [1.82, 2.24) is 0 Å². The van der Waals surface area contributed by atoms with Gasteiger partial charge in [0.2, 0.25) is 0 Å². The minimum absolute atomic E-state index is 0. The molecule has 0 atom stereocenters. The molecule has 0 N–H and O–H groups in total. The number of carbonyl (C=O) groups is 1. The number of aliphatic carboxylic acids is 1. The molecule has 11 heteroatoms. The summed E-state index contributed by atoms with van der Waals surface area (Å²) >= 11 is 0. The first-order valence-electron chi connectivity index (χ1n) is 10.7. The molecule has 10 nitrogen and oxygen atoms in total. The third-order valence-electron chi connectivity index (χ3n) is 4.18. The molecule has 0 radical (unpaired) electrons. The molecule has 2 aromatic rings. The number of hydrogen-bond donors (Lipinski definition) is 0. The van der Waals surface area contributed by atoms with Gasteiger partial charge in [-0.25, -0.2) is 0 Å². The third-order valence-corrected chi connectivity index (χ3v) is 4.18. The Kier molecular flexibility index (Phi) is 14.8. The second-order valence-electron chi connectivity index (χ2n) is 6.83. The number of fused-ring (bicyclic) bond motifs is 4. The van der Waals surface area contributed by atoms with Gasteiger partial charge >= 0.3 is 17.1 Å². The molecule has 2 aromatic carbocycles. The molecule has 1 heterocycles. The van der Waals surface area contributed by atoms with Crippen LogP contribution in [0.1, 0.15) is 18.1 Å². The average Bonchev–Trinajstić information content (AvgIpc) is 2.80. The number of carboxylic acid groups (broad SMARTS) is 1. The van der Waals surface area contributed by atoms with E-state index in [-0.39, 0.29) is 53.3 Å². The fourth-order valence-electron chi connectivity index (χ4n) is 2.68. The third kappa shape index (κ3) is 11.7. The van der Waals surface area contributed by atoms with Crippen LogP contribution in [0.25, 0.3) is 0 Å². The van der Waals surface area contributed by atoms with Crippen LogP contribution in [0.2, 0.25) is 0 Å². The summed E-state index contributed by atoms with van der Waals surface area (Å²) in [6, 6.07) is 10.1. The van der Waals surface area contributed by atoms with Gasteiger partial charge in [-0.15, -0.1) is 0 Å². The van der Waals surface area contributed by atoms with Gasteiger partial charge in [-0.1, -0.05) is 35.8 Å². The molecule has 0 fully saturated rings. The zero-order chi connectivity index (χ0) is 24.6. The van der Waals surface area contributed by atoms with Gasteiger partial charge in [0.15, 0.2) is 0 Å². The topological polar surface area (TPSA) is 148 Å². The zero-order valence-corrected chi connectivity index (χ0v) is 20.5. The predicted molar refractivity (Wildman–Crippen MR) is 120 cm³/mol. The van der Waals surface area contributed by atoms with Crippen molar-refractivity contribution in [2.75, 3.05) is 52.7 Å². The monoisotopic (exact) mass is 526 g/mol.